The van der Waals surface area contributed by atoms with E-state index in [1.54, 1.807) is 6.20 Å². The maximum atomic E-state index is 5.34. The molecule has 2 aliphatic carbocycles. The maximum absolute atomic E-state index is 5.34. The van der Waals surface area contributed by atoms with Crippen molar-refractivity contribution in [3.63, 3.8) is 0 Å². The minimum Gasteiger partial charge on any atom is -0.264 e. The molecular weight excluding hydrogens is 717 g/mol. The topological polar surface area (TPSA) is 51.6 Å². The van der Waals surface area contributed by atoms with Crippen LogP contribution in [0.5, 0.6) is 0 Å². The third-order valence-corrected chi connectivity index (χ3v) is 12.3. The van der Waals surface area contributed by atoms with Gasteiger partial charge in [0.25, 0.3) is 0 Å². The third-order valence-electron chi connectivity index (χ3n) is 12.3. The van der Waals surface area contributed by atoms with Crippen molar-refractivity contribution in [1.82, 2.24) is 19.9 Å². The zero-order valence-corrected chi connectivity index (χ0v) is 31.9. The number of nitrogens with zero attached hydrogens (tertiary/aromatic N) is 4. The highest BCUT2D eigenvalue weighted by Gasteiger charge is 2.50. The van der Waals surface area contributed by atoms with Crippen LogP contribution in [0.4, 0.5) is 0 Å². The fourth-order valence-electron chi connectivity index (χ4n) is 9.71. The van der Waals surface area contributed by atoms with Crippen molar-refractivity contribution in [2.45, 2.75) is 5.41 Å². The van der Waals surface area contributed by atoms with E-state index >= 15 is 0 Å². The average Bonchev–Trinajstić information content (AvgIpc) is 3.57. The van der Waals surface area contributed by atoms with Crippen molar-refractivity contribution in [2.75, 3.05) is 0 Å². The Labute approximate surface area is 342 Å². The number of hydrogen-bond donors (Lipinski definition) is 0. The van der Waals surface area contributed by atoms with E-state index in [0.29, 0.717) is 5.82 Å². The van der Waals surface area contributed by atoms with Gasteiger partial charge in [0, 0.05) is 40.8 Å². The van der Waals surface area contributed by atoms with E-state index in [4.69, 9.17) is 15.0 Å². The largest absolute Gasteiger partial charge is 0.264 e. The summed E-state index contributed by atoms with van der Waals surface area (Å²) in [7, 11) is 0. The fraction of sp³-hybridized carbons (Fsp3) is 0.0182. The summed E-state index contributed by atoms with van der Waals surface area (Å²) >= 11 is 0. The monoisotopic (exact) mass is 750 g/mol. The van der Waals surface area contributed by atoms with Crippen molar-refractivity contribution in [2.24, 2.45) is 0 Å². The van der Waals surface area contributed by atoms with Gasteiger partial charge in [-0.2, -0.15) is 0 Å². The van der Waals surface area contributed by atoms with Crippen LogP contribution < -0.4 is 0 Å². The summed E-state index contributed by atoms with van der Waals surface area (Å²) in [4.78, 5) is 19.8. The van der Waals surface area contributed by atoms with Gasteiger partial charge in [-0.1, -0.05) is 152 Å². The van der Waals surface area contributed by atoms with Crippen LogP contribution in [0, 0.1) is 0 Å². The van der Waals surface area contributed by atoms with Gasteiger partial charge in [0.2, 0.25) is 0 Å². The molecule has 3 aromatic heterocycles. The van der Waals surface area contributed by atoms with Crippen molar-refractivity contribution in [3.05, 3.63) is 229 Å². The highest BCUT2D eigenvalue weighted by atomic mass is 14.9. The summed E-state index contributed by atoms with van der Waals surface area (Å²) in [6.45, 7) is 0. The van der Waals surface area contributed by atoms with E-state index < -0.39 is 5.41 Å². The number of fused-ring (bicyclic) bond motifs is 14. The average molecular weight is 751 g/mol. The Morgan fingerprint density at radius 1 is 0.356 bits per heavy atom. The molecule has 1 unspecified atom stereocenters. The van der Waals surface area contributed by atoms with Gasteiger partial charge in [0.1, 0.15) is 0 Å². The third kappa shape index (κ3) is 5.03. The van der Waals surface area contributed by atoms with Crippen molar-refractivity contribution < 1.29 is 0 Å². The molecule has 0 fully saturated rings. The molecule has 0 saturated heterocycles. The van der Waals surface area contributed by atoms with E-state index in [2.05, 4.69) is 169 Å². The lowest BCUT2D eigenvalue weighted by Gasteiger charge is -2.35. The molecule has 3 heterocycles. The number of hydrogen-bond acceptors (Lipinski definition) is 4. The maximum Gasteiger partial charge on any atom is 0.160 e. The predicted octanol–water partition coefficient (Wildman–Crippen LogP) is 13.1. The Morgan fingerprint density at radius 3 is 1.75 bits per heavy atom. The molecule has 0 bridgehead atoms. The molecule has 1 spiro atoms. The van der Waals surface area contributed by atoms with E-state index in [-0.39, 0.29) is 0 Å². The second-order valence-corrected chi connectivity index (χ2v) is 15.4. The van der Waals surface area contributed by atoms with Crippen LogP contribution in [0.1, 0.15) is 22.3 Å². The van der Waals surface area contributed by atoms with Crippen molar-refractivity contribution in [1.29, 1.82) is 0 Å². The molecule has 0 radical (unpaired) electrons. The molecule has 59 heavy (non-hydrogen) atoms. The van der Waals surface area contributed by atoms with Crippen molar-refractivity contribution in [3.8, 4) is 78.5 Å². The number of rotatable bonds is 4. The zero-order chi connectivity index (χ0) is 38.9. The lowest BCUT2D eigenvalue weighted by molar-refractivity contribution is 0.776. The van der Waals surface area contributed by atoms with Gasteiger partial charge in [-0.15, -0.1) is 0 Å². The van der Waals surface area contributed by atoms with Gasteiger partial charge >= 0.3 is 0 Å². The van der Waals surface area contributed by atoms with E-state index in [1.165, 1.54) is 66.4 Å². The Hall–Kier alpha value is -7.82. The molecule has 274 valence electrons. The summed E-state index contributed by atoms with van der Waals surface area (Å²) in [6, 6.07) is 67.8. The summed E-state index contributed by atoms with van der Waals surface area (Å²) in [5, 5.41) is 2.50. The molecule has 1 atom stereocenters. The van der Waals surface area contributed by atoms with Crippen LogP contribution in [0.15, 0.2) is 207 Å². The second kappa shape index (κ2) is 13.1. The lowest BCUT2D eigenvalue weighted by atomic mass is 9.65. The van der Waals surface area contributed by atoms with E-state index in [9.17, 15) is 0 Å². The number of aromatic nitrogens is 4. The molecule has 12 rings (SSSR count). The Morgan fingerprint density at radius 2 is 0.983 bits per heavy atom. The summed E-state index contributed by atoms with van der Waals surface area (Å²) < 4.78 is 0. The molecule has 10 aromatic rings. The zero-order valence-electron chi connectivity index (χ0n) is 31.9. The van der Waals surface area contributed by atoms with Gasteiger partial charge in [-0.25, -0.2) is 9.97 Å². The molecule has 0 aliphatic heterocycles. The summed E-state index contributed by atoms with van der Waals surface area (Å²) in [5.41, 5.74) is 18.2. The molecule has 0 N–H and O–H groups in total. The first-order chi connectivity index (χ1) is 29.3. The van der Waals surface area contributed by atoms with Crippen LogP contribution in [-0.4, -0.2) is 19.9 Å². The molecule has 2 aliphatic rings. The van der Waals surface area contributed by atoms with Gasteiger partial charge in [-0.05, 0) is 103 Å². The van der Waals surface area contributed by atoms with E-state index in [1.807, 2.05) is 36.7 Å². The van der Waals surface area contributed by atoms with Crippen LogP contribution >= 0.6 is 0 Å². The van der Waals surface area contributed by atoms with Crippen molar-refractivity contribution >= 4 is 10.8 Å². The Kier molecular flexibility index (Phi) is 7.41. The standard InChI is InChI=1S/C55H34N4/c1-2-14-36(15-3-1)51-32-52(39-26-29-50(57-34-39)38-16-12-30-56-33-38)59-54(58-51)37-24-27-44-42-19-7-6-18-41(42)43-20-8-10-22-46(43)55(49(44)31-37)47-23-11-9-21-45(47)53-40-17-5-4-13-35(40)25-28-48(53)55/h1-34H. The predicted molar refractivity (Wildman–Crippen MR) is 239 cm³/mol. The van der Waals surface area contributed by atoms with E-state index in [0.717, 1.165) is 39.3 Å². The van der Waals surface area contributed by atoms with Gasteiger partial charge < -0.3 is 0 Å². The Bertz CT molecular complexity index is 3270. The summed E-state index contributed by atoms with van der Waals surface area (Å²) in [5.74, 6) is 0.659. The molecule has 7 aromatic carbocycles. The van der Waals surface area contributed by atoms with Crippen LogP contribution in [0.2, 0.25) is 0 Å². The molecule has 4 nitrogen and oxygen atoms in total. The second-order valence-electron chi connectivity index (χ2n) is 15.4. The lowest BCUT2D eigenvalue weighted by Crippen LogP contribution is -2.29. The first kappa shape index (κ1) is 33.3. The minimum atomic E-state index is -0.636. The first-order valence-corrected chi connectivity index (χ1v) is 20.0. The highest BCUT2D eigenvalue weighted by Crippen LogP contribution is 2.62. The quantitative estimate of drug-likeness (QED) is 0.180. The fourth-order valence-corrected chi connectivity index (χ4v) is 9.71. The van der Waals surface area contributed by atoms with Gasteiger partial charge in [-0.3, -0.25) is 9.97 Å². The smallest absolute Gasteiger partial charge is 0.160 e. The molecule has 0 saturated carbocycles. The SMILES string of the molecule is c1ccc(-c2cc(-c3ccc(-c4cccnc4)nc3)nc(-c3ccc4c(c3)C3(c5ccccc5-c5ccccc5-4)c4ccccc4-c4c3ccc3ccccc43)n2)cc1. The number of pyridine rings is 2. The first-order valence-electron chi connectivity index (χ1n) is 20.0. The number of benzene rings is 7. The van der Waals surface area contributed by atoms with Gasteiger partial charge in [0.05, 0.1) is 22.5 Å². The van der Waals surface area contributed by atoms with Crippen LogP contribution in [-0.2, 0) is 5.41 Å². The molecular formula is C55H34N4. The van der Waals surface area contributed by atoms with Crippen LogP contribution in [0.25, 0.3) is 89.3 Å². The highest BCUT2D eigenvalue weighted by molar-refractivity contribution is 6.06. The normalized spacial score (nSPS) is 14.5. The minimum absolute atomic E-state index is 0.636. The molecule has 4 heteroatoms. The van der Waals surface area contributed by atoms with Crippen LogP contribution in [0.3, 0.4) is 0 Å². The summed E-state index contributed by atoms with van der Waals surface area (Å²) in [6.07, 6.45) is 5.52. The van der Waals surface area contributed by atoms with Gasteiger partial charge in [0.15, 0.2) is 5.82 Å². The Balaban J connectivity index is 1.15. The molecule has 0 amide bonds.